The molecule has 17 heavy (non-hydrogen) atoms. The van der Waals surface area contributed by atoms with E-state index in [4.69, 9.17) is 0 Å². The molecule has 0 aliphatic heterocycles. The van der Waals surface area contributed by atoms with Gasteiger partial charge in [-0.05, 0) is 38.0 Å². The van der Waals surface area contributed by atoms with E-state index in [9.17, 15) is 18.3 Å². The Kier molecular flexibility index (Phi) is 4.58. The van der Waals surface area contributed by atoms with E-state index in [-0.39, 0.29) is 5.75 Å². The molecule has 0 radical (unpaired) electrons. The number of hydrogen-bond donors (Lipinski definition) is 1. The molecule has 4 nitrogen and oxygen atoms in total. The van der Waals surface area contributed by atoms with Gasteiger partial charge in [0.15, 0.2) is 0 Å². The van der Waals surface area contributed by atoms with Crippen molar-refractivity contribution < 1.29 is 18.3 Å². The Morgan fingerprint density at radius 1 is 1.47 bits per heavy atom. The highest BCUT2D eigenvalue weighted by atomic mass is 32.2. The van der Waals surface area contributed by atoms with Crippen molar-refractivity contribution in [2.24, 2.45) is 11.3 Å². The molecule has 0 aromatic rings. The van der Waals surface area contributed by atoms with E-state index in [1.54, 1.807) is 0 Å². The molecule has 0 amide bonds. The van der Waals surface area contributed by atoms with Crippen molar-refractivity contribution in [3.8, 4) is 0 Å². The topological polar surface area (TPSA) is 71.4 Å². The molecular weight excluding hydrogens is 240 g/mol. The van der Waals surface area contributed by atoms with Gasteiger partial charge in [0.05, 0.1) is 5.41 Å². The Morgan fingerprint density at radius 3 is 2.53 bits per heavy atom. The zero-order valence-electron chi connectivity index (χ0n) is 10.6. The van der Waals surface area contributed by atoms with Crippen molar-refractivity contribution in [2.75, 3.05) is 12.0 Å². The molecule has 1 rings (SSSR count). The molecule has 0 aromatic carbocycles. The van der Waals surface area contributed by atoms with Gasteiger partial charge in [-0.1, -0.05) is 13.3 Å². The Balaban J connectivity index is 2.59. The van der Waals surface area contributed by atoms with Gasteiger partial charge in [-0.15, -0.1) is 0 Å². The highest BCUT2D eigenvalue weighted by Gasteiger charge is 2.44. The van der Waals surface area contributed by atoms with E-state index in [1.807, 2.05) is 0 Å². The van der Waals surface area contributed by atoms with Gasteiger partial charge in [-0.2, -0.15) is 0 Å². The van der Waals surface area contributed by atoms with E-state index < -0.39 is 21.2 Å². The fraction of sp³-hybridized carbons (Fsp3) is 0.917. The van der Waals surface area contributed by atoms with Crippen molar-refractivity contribution in [2.45, 2.75) is 45.4 Å². The van der Waals surface area contributed by atoms with Gasteiger partial charge in [-0.25, -0.2) is 8.42 Å². The van der Waals surface area contributed by atoms with Crippen LogP contribution < -0.4 is 0 Å². The fourth-order valence-corrected chi connectivity index (χ4v) is 3.46. The molecule has 2 atom stereocenters. The van der Waals surface area contributed by atoms with Crippen molar-refractivity contribution in [3.05, 3.63) is 0 Å². The maximum absolute atomic E-state index is 11.4. The van der Waals surface area contributed by atoms with Crippen LogP contribution >= 0.6 is 0 Å². The van der Waals surface area contributed by atoms with Crippen LogP contribution in [0.25, 0.3) is 0 Å². The van der Waals surface area contributed by atoms with Crippen LogP contribution in [0.1, 0.15) is 45.4 Å². The summed E-state index contributed by atoms with van der Waals surface area (Å²) in [6.07, 6.45) is 5.54. The number of aliphatic carboxylic acids is 1. The average molecular weight is 262 g/mol. The second-order valence-corrected chi connectivity index (χ2v) is 7.60. The molecule has 1 aliphatic carbocycles. The van der Waals surface area contributed by atoms with Crippen LogP contribution in [0, 0.1) is 11.3 Å². The summed E-state index contributed by atoms with van der Waals surface area (Å²) in [5, 5.41) is 9.36. The molecule has 0 aromatic heterocycles. The maximum Gasteiger partial charge on any atom is 0.309 e. The maximum atomic E-state index is 11.4. The first-order valence-corrected chi connectivity index (χ1v) is 8.26. The second kappa shape index (κ2) is 5.38. The first-order valence-electron chi connectivity index (χ1n) is 6.20. The number of rotatable bonds is 6. The van der Waals surface area contributed by atoms with Crippen molar-refractivity contribution in [3.63, 3.8) is 0 Å². The van der Waals surface area contributed by atoms with E-state index in [1.165, 1.54) is 6.26 Å². The molecule has 0 spiro atoms. The molecule has 1 aliphatic rings. The number of hydrogen-bond acceptors (Lipinski definition) is 3. The van der Waals surface area contributed by atoms with Crippen LogP contribution in [-0.4, -0.2) is 31.5 Å². The zero-order valence-corrected chi connectivity index (χ0v) is 11.4. The first-order chi connectivity index (χ1) is 7.79. The molecule has 0 bridgehead atoms. The molecular formula is C12H22O4S. The van der Waals surface area contributed by atoms with Crippen LogP contribution in [-0.2, 0) is 14.6 Å². The third-order valence-electron chi connectivity index (χ3n) is 3.91. The lowest BCUT2D eigenvalue weighted by molar-refractivity contribution is -0.149. The summed E-state index contributed by atoms with van der Waals surface area (Å²) in [6.45, 7) is 2.08. The van der Waals surface area contributed by atoms with E-state index in [0.29, 0.717) is 31.6 Å². The standard InChI is InChI=1S/C12H22O4S/c1-3-10-5-7-12(9-10,11(13)14)6-4-8-17(2,15)16/h10H,3-9H2,1-2H3,(H,13,14). The van der Waals surface area contributed by atoms with Gasteiger partial charge in [0.2, 0.25) is 0 Å². The number of carboxylic acid groups (broad SMARTS) is 1. The van der Waals surface area contributed by atoms with Crippen LogP contribution in [0.3, 0.4) is 0 Å². The summed E-state index contributed by atoms with van der Waals surface area (Å²) in [4.78, 5) is 11.4. The SMILES string of the molecule is CCC1CCC(CCCS(C)(=O)=O)(C(=O)O)C1. The molecule has 1 N–H and O–H groups in total. The summed E-state index contributed by atoms with van der Waals surface area (Å²) < 4.78 is 22.1. The summed E-state index contributed by atoms with van der Waals surface area (Å²) in [5.41, 5.74) is -0.661. The zero-order chi connectivity index (χ0) is 13.1. The largest absolute Gasteiger partial charge is 0.481 e. The Hall–Kier alpha value is -0.580. The predicted octanol–water partition coefficient (Wildman–Crippen LogP) is 2.09. The van der Waals surface area contributed by atoms with Gasteiger partial charge in [-0.3, -0.25) is 4.79 Å². The summed E-state index contributed by atoms with van der Waals surface area (Å²) in [6, 6.07) is 0. The van der Waals surface area contributed by atoms with Gasteiger partial charge >= 0.3 is 5.97 Å². The quantitative estimate of drug-likeness (QED) is 0.795. The number of sulfone groups is 1. The molecule has 1 fully saturated rings. The van der Waals surface area contributed by atoms with Crippen molar-refractivity contribution >= 4 is 15.8 Å². The fourth-order valence-electron chi connectivity index (χ4n) is 2.79. The minimum Gasteiger partial charge on any atom is -0.481 e. The molecule has 0 heterocycles. The van der Waals surface area contributed by atoms with Crippen LogP contribution in [0.5, 0.6) is 0 Å². The minimum atomic E-state index is -2.98. The van der Waals surface area contributed by atoms with E-state index >= 15 is 0 Å². The smallest absolute Gasteiger partial charge is 0.309 e. The van der Waals surface area contributed by atoms with Crippen molar-refractivity contribution in [1.29, 1.82) is 0 Å². The molecule has 5 heteroatoms. The lowest BCUT2D eigenvalue weighted by Gasteiger charge is -2.24. The highest BCUT2D eigenvalue weighted by molar-refractivity contribution is 7.90. The van der Waals surface area contributed by atoms with E-state index in [2.05, 4.69) is 6.92 Å². The second-order valence-electron chi connectivity index (χ2n) is 5.34. The summed E-state index contributed by atoms with van der Waals surface area (Å²) >= 11 is 0. The first kappa shape index (κ1) is 14.5. The molecule has 100 valence electrons. The molecule has 1 saturated carbocycles. The number of carboxylic acids is 1. The Morgan fingerprint density at radius 2 is 2.12 bits per heavy atom. The highest BCUT2D eigenvalue weighted by Crippen LogP contribution is 2.46. The average Bonchev–Trinajstić information content (AvgIpc) is 2.61. The van der Waals surface area contributed by atoms with Gasteiger partial charge in [0.25, 0.3) is 0 Å². The van der Waals surface area contributed by atoms with Gasteiger partial charge in [0.1, 0.15) is 9.84 Å². The molecule has 0 saturated heterocycles. The Labute approximate surface area is 103 Å². The van der Waals surface area contributed by atoms with Crippen LogP contribution in [0.2, 0.25) is 0 Å². The lowest BCUT2D eigenvalue weighted by atomic mass is 9.81. The lowest BCUT2D eigenvalue weighted by Crippen LogP contribution is -2.29. The Bertz CT molecular complexity index is 374. The third kappa shape index (κ3) is 3.98. The molecule has 2 unspecified atom stereocenters. The van der Waals surface area contributed by atoms with Gasteiger partial charge in [0, 0.05) is 12.0 Å². The minimum absolute atomic E-state index is 0.0961. The number of carbonyl (C=O) groups is 1. The van der Waals surface area contributed by atoms with Crippen LogP contribution in [0.15, 0.2) is 0 Å². The van der Waals surface area contributed by atoms with Gasteiger partial charge < -0.3 is 5.11 Å². The normalized spacial score (nSPS) is 29.4. The monoisotopic (exact) mass is 262 g/mol. The van der Waals surface area contributed by atoms with Crippen molar-refractivity contribution in [1.82, 2.24) is 0 Å². The third-order valence-corrected chi connectivity index (χ3v) is 4.94. The summed E-state index contributed by atoms with van der Waals surface area (Å²) in [5.74, 6) is -0.162. The van der Waals surface area contributed by atoms with E-state index in [0.717, 1.165) is 12.8 Å². The summed E-state index contributed by atoms with van der Waals surface area (Å²) in [7, 11) is -2.98. The predicted molar refractivity (Wildman–Crippen MR) is 66.6 cm³/mol. The van der Waals surface area contributed by atoms with Crippen LogP contribution in [0.4, 0.5) is 0 Å².